The molecule has 3 nitrogen and oxygen atoms in total. The minimum Gasteiger partial charge on any atom is -0.473 e. The normalized spacial score (nSPS) is 10.1. The Kier molecular flexibility index (Phi) is 6.62. The number of nitrogens with zero attached hydrogens (tertiary/aromatic N) is 1. The van der Waals surface area contributed by atoms with Crippen molar-refractivity contribution in [3.8, 4) is 28.8 Å². The fourth-order valence-corrected chi connectivity index (χ4v) is 2.72. The van der Waals surface area contributed by atoms with Crippen LogP contribution >= 0.6 is 0 Å². The summed E-state index contributed by atoms with van der Waals surface area (Å²) in [5.74, 6) is 6.82. The molecule has 3 aromatic rings. The van der Waals surface area contributed by atoms with Gasteiger partial charge in [-0.05, 0) is 42.7 Å². The number of aliphatic hydroxyl groups excluding tert-OH is 1. The van der Waals surface area contributed by atoms with Gasteiger partial charge >= 0.3 is 0 Å². The number of aliphatic hydroxyl groups is 1. The molecule has 0 spiro atoms. The van der Waals surface area contributed by atoms with Crippen LogP contribution in [0.15, 0.2) is 66.7 Å². The molecule has 0 radical (unpaired) electrons. The lowest BCUT2D eigenvalue weighted by Crippen LogP contribution is -1.98. The predicted molar refractivity (Wildman–Crippen MR) is 108 cm³/mol. The first-order chi connectivity index (χ1) is 13.3. The van der Waals surface area contributed by atoms with E-state index in [1.165, 1.54) is 0 Å². The zero-order valence-corrected chi connectivity index (χ0v) is 15.5. The fraction of sp³-hybridized carbons (Fsp3) is 0.208. The van der Waals surface area contributed by atoms with Crippen molar-refractivity contribution in [3.05, 3.63) is 83.6 Å². The average molecular weight is 357 g/mol. The van der Waals surface area contributed by atoms with Crippen molar-refractivity contribution in [2.75, 3.05) is 6.61 Å². The number of pyridine rings is 1. The first-order valence-electron chi connectivity index (χ1n) is 9.11. The smallest absolute Gasteiger partial charge is 0.213 e. The van der Waals surface area contributed by atoms with E-state index in [9.17, 15) is 0 Å². The molecule has 0 saturated carbocycles. The second-order valence-corrected chi connectivity index (χ2v) is 6.26. The molecule has 2 aromatic carbocycles. The number of rotatable bonds is 6. The number of hydrogen-bond acceptors (Lipinski definition) is 3. The molecule has 3 rings (SSSR count). The van der Waals surface area contributed by atoms with Gasteiger partial charge in [0.05, 0.1) is 0 Å². The fourth-order valence-electron chi connectivity index (χ4n) is 2.72. The summed E-state index contributed by atoms with van der Waals surface area (Å²) in [5, 5.41) is 8.78. The Bertz CT molecular complexity index is 922. The standard InChI is InChI=1S/C24H23NO2/c1-19-23(22-13-11-20(12-14-22)8-6-3-7-17-26)15-16-24(25-19)27-18-21-9-4-2-5-10-21/h2,4-5,9-16,26H,3,7,17-18H2,1H3. The van der Waals surface area contributed by atoms with Gasteiger partial charge in [0.15, 0.2) is 0 Å². The molecule has 0 saturated heterocycles. The summed E-state index contributed by atoms with van der Waals surface area (Å²) in [6.45, 7) is 2.69. The van der Waals surface area contributed by atoms with Crippen molar-refractivity contribution in [1.82, 2.24) is 4.98 Å². The number of aromatic nitrogens is 1. The molecular weight excluding hydrogens is 334 g/mol. The maximum atomic E-state index is 8.78. The Hall–Kier alpha value is -3.09. The summed E-state index contributed by atoms with van der Waals surface area (Å²) in [7, 11) is 0. The van der Waals surface area contributed by atoms with E-state index >= 15 is 0 Å². The molecule has 0 atom stereocenters. The summed E-state index contributed by atoms with van der Waals surface area (Å²) >= 11 is 0. The highest BCUT2D eigenvalue weighted by molar-refractivity contribution is 5.67. The molecule has 0 unspecified atom stereocenters. The summed E-state index contributed by atoms with van der Waals surface area (Å²) in [4.78, 5) is 4.58. The van der Waals surface area contributed by atoms with Gasteiger partial charge in [0, 0.05) is 35.9 Å². The maximum absolute atomic E-state index is 8.78. The Morgan fingerprint density at radius 2 is 1.74 bits per heavy atom. The van der Waals surface area contributed by atoms with Crippen molar-refractivity contribution in [3.63, 3.8) is 0 Å². The van der Waals surface area contributed by atoms with E-state index in [2.05, 4.69) is 29.0 Å². The molecule has 0 bridgehead atoms. The zero-order chi connectivity index (χ0) is 18.9. The van der Waals surface area contributed by atoms with Crippen molar-refractivity contribution >= 4 is 0 Å². The van der Waals surface area contributed by atoms with Crippen LogP contribution in [0, 0.1) is 18.8 Å². The van der Waals surface area contributed by atoms with Gasteiger partial charge in [-0.1, -0.05) is 54.3 Å². The van der Waals surface area contributed by atoms with Crippen molar-refractivity contribution in [2.45, 2.75) is 26.4 Å². The molecule has 27 heavy (non-hydrogen) atoms. The van der Waals surface area contributed by atoms with Crippen LogP contribution in [-0.2, 0) is 6.61 Å². The number of unbranched alkanes of at least 4 members (excludes halogenated alkanes) is 1. The lowest BCUT2D eigenvalue weighted by Gasteiger charge is -2.10. The highest BCUT2D eigenvalue weighted by Crippen LogP contribution is 2.25. The maximum Gasteiger partial charge on any atom is 0.213 e. The molecule has 1 N–H and O–H groups in total. The van der Waals surface area contributed by atoms with Gasteiger partial charge in [0.25, 0.3) is 0 Å². The van der Waals surface area contributed by atoms with Gasteiger partial charge in [0.2, 0.25) is 5.88 Å². The Balaban J connectivity index is 1.67. The van der Waals surface area contributed by atoms with Crippen molar-refractivity contribution in [1.29, 1.82) is 0 Å². The molecule has 0 aliphatic heterocycles. The number of ether oxygens (including phenoxy) is 1. The van der Waals surface area contributed by atoms with Crippen molar-refractivity contribution < 1.29 is 9.84 Å². The van der Waals surface area contributed by atoms with E-state index in [0.717, 1.165) is 27.9 Å². The quantitative estimate of drug-likeness (QED) is 0.511. The molecule has 3 heteroatoms. The molecule has 0 fully saturated rings. The van der Waals surface area contributed by atoms with E-state index in [-0.39, 0.29) is 6.61 Å². The molecule has 0 amide bonds. The highest BCUT2D eigenvalue weighted by atomic mass is 16.5. The van der Waals surface area contributed by atoms with E-state index in [0.29, 0.717) is 25.3 Å². The second kappa shape index (κ2) is 9.56. The van der Waals surface area contributed by atoms with Gasteiger partial charge in [-0.2, -0.15) is 0 Å². The van der Waals surface area contributed by atoms with Gasteiger partial charge in [-0.25, -0.2) is 4.98 Å². The molecular formula is C24H23NO2. The molecule has 0 aliphatic rings. The topological polar surface area (TPSA) is 42.4 Å². The van der Waals surface area contributed by atoms with Crippen LogP contribution in [0.1, 0.15) is 29.7 Å². The summed E-state index contributed by atoms with van der Waals surface area (Å²) in [6.07, 6.45) is 1.43. The third-order valence-electron chi connectivity index (χ3n) is 4.18. The molecule has 1 aromatic heterocycles. The first kappa shape index (κ1) is 18.7. The largest absolute Gasteiger partial charge is 0.473 e. The van der Waals surface area contributed by atoms with Crippen LogP contribution in [0.3, 0.4) is 0 Å². The number of aryl methyl sites for hydroxylation is 1. The van der Waals surface area contributed by atoms with Gasteiger partial charge < -0.3 is 9.84 Å². The minimum atomic E-state index is 0.185. The predicted octanol–water partition coefficient (Wildman–Crippen LogP) is 4.76. The number of benzene rings is 2. The minimum absolute atomic E-state index is 0.185. The molecule has 1 heterocycles. The van der Waals surface area contributed by atoms with Gasteiger partial charge in [-0.15, -0.1) is 0 Å². The Labute approximate surface area is 160 Å². The van der Waals surface area contributed by atoms with E-state index < -0.39 is 0 Å². The first-order valence-corrected chi connectivity index (χ1v) is 9.11. The van der Waals surface area contributed by atoms with Crippen LogP contribution in [-0.4, -0.2) is 16.7 Å². The lowest BCUT2D eigenvalue weighted by atomic mass is 10.0. The van der Waals surface area contributed by atoms with Gasteiger partial charge in [-0.3, -0.25) is 0 Å². The Morgan fingerprint density at radius 3 is 2.44 bits per heavy atom. The summed E-state index contributed by atoms with van der Waals surface area (Å²) < 4.78 is 5.80. The van der Waals surface area contributed by atoms with Crippen LogP contribution in [0.4, 0.5) is 0 Å². The zero-order valence-electron chi connectivity index (χ0n) is 15.5. The monoisotopic (exact) mass is 357 g/mol. The summed E-state index contributed by atoms with van der Waals surface area (Å²) in [6, 6.07) is 22.2. The Morgan fingerprint density at radius 1 is 0.963 bits per heavy atom. The third kappa shape index (κ3) is 5.44. The highest BCUT2D eigenvalue weighted by Gasteiger charge is 2.06. The van der Waals surface area contributed by atoms with Crippen molar-refractivity contribution in [2.24, 2.45) is 0 Å². The van der Waals surface area contributed by atoms with E-state index in [4.69, 9.17) is 9.84 Å². The van der Waals surface area contributed by atoms with Crippen LogP contribution in [0.5, 0.6) is 5.88 Å². The SMILES string of the molecule is Cc1nc(OCc2ccccc2)ccc1-c1ccc(C#CCCCO)cc1. The molecule has 136 valence electrons. The number of hydrogen-bond donors (Lipinski definition) is 1. The average Bonchev–Trinajstić information content (AvgIpc) is 2.71. The van der Waals surface area contributed by atoms with Gasteiger partial charge in [0.1, 0.15) is 6.61 Å². The second-order valence-electron chi connectivity index (χ2n) is 6.26. The lowest BCUT2D eigenvalue weighted by molar-refractivity contribution is 0.290. The molecule has 0 aliphatic carbocycles. The van der Waals surface area contributed by atoms with Crippen LogP contribution in [0.2, 0.25) is 0 Å². The summed E-state index contributed by atoms with van der Waals surface area (Å²) in [5.41, 5.74) is 5.22. The van der Waals surface area contributed by atoms with Crippen LogP contribution in [0.25, 0.3) is 11.1 Å². The van der Waals surface area contributed by atoms with Crippen LogP contribution < -0.4 is 4.74 Å². The van der Waals surface area contributed by atoms with E-state index in [1.54, 1.807) is 0 Å². The third-order valence-corrected chi connectivity index (χ3v) is 4.18. The van der Waals surface area contributed by atoms with E-state index in [1.807, 2.05) is 61.5 Å².